The molecule has 0 aromatic carbocycles. The van der Waals surface area contributed by atoms with E-state index in [4.69, 9.17) is 0 Å². The molecule has 0 N–H and O–H groups in total. The maximum Gasteiger partial charge on any atom is 0.252 e. The van der Waals surface area contributed by atoms with Gasteiger partial charge in [0.05, 0.1) is 5.69 Å². The van der Waals surface area contributed by atoms with Crippen molar-refractivity contribution in [3.05, 3.63) is 36.1 Å². The standard InChI is InChI=1S/C10H7N5/c1-2-8-6-15-10(12-7-13-15)14-9(8)3-5-11-4-1/h1-7H/b2-1-,5-3-,11-4-. The first-order valence-electron chi connectivity index (χ1n) is 4.50. The van der Waals surface area contributed by atoms with Crippen LogP contribution in [0.5, 0.6) is 0 Å². The summed E-state index contributed by atoms with van der Waals surface area (Å²) in [6, 6.07) is 0. The van der Waals surface area contributed by atoms with E-state index in [0.29, 0.717) is 5.78 Å². The summed E-state index contributed by atoms with van der Waals surface area (Å²) in [5, 5.41) is 4.03. The molecule has 1 aliphatic rings. The van der Waals surface area contributed by atoms with Gasteiger partial charge in [0.15, 0.2) is 0 Å². The second kappa shape index (κ2) is 3.13. The Morgan fingerprint density at radius 2 is 2.20 bits per heavy atom. The lowest BCUT2D eigenvalue weighted by Crippen LogP contribution is -1.96. The smallest absolute Gasteiger partial charge is 0.252 e. The van der Waals surface area contributed by atoms with E-state index in [9.17, 15) is 0 Å². The van der Waals surface area contributed by atoms with E-state index in [1.807, 2.05) is 24.4 Å². The Bertz CT molecular complexity index is 541. The Morgan fingerprint density at radius 3 is 3.20 bits per heavy atom. The van der Waals surface area contributed by atoms with Crippen molar-refractivity contribution >= 4 is 24.1 Å². The number of nitrogens with zero attached hydrogens (tertiary/aromatic N) is 5. The van der Waals surface area contributed by atoms with E-state index in [2.05, 4.69) is 20.1 Å². The molecule has 0 fully saturated rings. The molecule has 0 unspecified atom stereocenters. The van der Waals surface area contributed by atoms with E-state index in [-0.39, 0.29) is 0 Å². The largest absolute Gasteiger partial charge is 0.265 e. The van der Waals surface area contributed by atoms with Gasteiger partial charge in [-0.25, -0.2) is 9.50 Å². The summed E-state index contributed by atoms with van der Waals surface area (Å²) in [5.74, 6) is 0.594. The third kappa shape index (κ3) is 1.34. The van der Waals surface area contributed by atoms with Crippen LogP contribution in [0.2, 0.25) is 0 Å². The highest BCUT2D eigenvalue weighted by atomic mass is 15.3. The van der Waals surface area contributed by atoms with Gasteiger partial charge in [0.2, 0.25) is 0 Å². The van der Waals surface area contributed by atoms with Gasteiger partial charge in [0.25, 0.3) is 5.78 Å². The molecule has 72 valence electrons. The lowest BCUT2D eigenvalue weighted by atomic mass is 10.2. The fourth-order valence-corrected chi connectivity index (χ4v) is 1.41. The van der Waals surface area contributed by atoms with Crippen LogP contribution < -0.4 is 0 Å². The molecule has 0 saturated carbocycles. The maximum absolute atomic E-state index is 4.35. The van der Waals surface area contributed by atoms with Crippen LogP contribution in [0.3, 0.4) is 0 Å². The first-order chi connectivity index (χ1) is 7.43. The molecule has 3 heterocycles. The van der Waals surface area contributed by atoms with Gasteiger partial charge >= 0.3 is 0 Å². The molecule has 0 radical (unpaired) electrons. The van der Waals surface area contributed by atoms with Gasteiger partial charge in [0, 0.05) is 24.2 Å². The molecule has 1 aliphatic heterocycles. The van der Waals surface area contributed by atoms with Crippen molar-refractivity contribution in [1.29, 1.82) is 0 Å². The number of aliphatic imine (C=N–C) groups is 1. The van der Waals surface area contributed by atoms with E-state index < -0.39 is 0 Å². The number of hydrogen-bond donors (Lipinski definition) is 0. The van der Waals surface area contributed by atoms with Crippen LogP contribution in [0.15, 0.2) is 29.8 Å². The third-order valence-electron chi connectivity index (χ3n) is 2.10. The van der Waals surface area contributed by atoms with Crippen molar-refractivity contribution in [2.24, 2.45) is 4.99 Å². The topological polar surface area (TPSA) is 55.4 Å². The first kappa shape index (κ1) is 8.05. The van der Waals surface area contributed by atoms with Crippen molar-refractivity contribution in [2.45, 2.75) is 0 Å². The van der Waals surface area contributed by atoms with Gasteiger partial charge in [-0.15, -0.1) is 0 Å². The zero-order valence-electron chi connectivity index (χ0n) is 7.78. The molecule has 0 atom stereocenters. The number of fused-ring (bicyclic) bond motifs is 2. The van der Waals surface area contributed by atoms with E-state index in [0.717, 1.165) is 11.3 Å². The van der Waals surface area contributed by atoms with Gasteiger partial charge in [-0.05, 0) is 18.2 Å². The lowest BCUT2D eigenvalue weighted by molar-refractivity contribution is 0.933. The summed E-state index contributed by atoms with van der Waals surface area (Å²) >= 11 is 0. The zero-order chi connectivity index (χ0) is 10.1. The van der Waals surface area contributed by atoms with Crippen molar-refractivity contribution in [3.8, 4) is 0 Å². The minimum Gasteiger partial charge on any atom is -0.265 e. The highest BCUT2D eigenvalue weighted by Gasteiger charge is 2.03. The molecule has 0 amide bonds. The molecule has 5 nitrogen and oxygen atoms in total. The fraction of sp³-hybridized carbons (Fsp3) is 0. The Morgan fingerprint density at radius 1 is 1.20 bits per heavy atom. The van der Waals surface area contributed by atoms with Crippen LogP contribution in [0.4, 0.5) is 0 Å². The van der Waals surface area contributed by atoms with Crippen LogP contribution in [0.1, 0.15) is 11.3 Å². The van der Waals surface area contributed by atoms with Gasteiger partial charge in [-0.3, -0.25) is 4.99 Å². The Kier molecular flexibility index (Phi) is 1.68. The SMILES string of the molecule is C1=C/c2cn3ncnc3nc2\C=C/N=C\1. The van der Waals surface area contributed by atoms with Crippen LogP contribution in [-0.4, -0.2) is 25.8 Å². The molecule has 0 bridgehead atoms. The molecule has 15 heavy (non-hydrogen) atoms. The van der Waals surface area contributed by atoms with Crippen molar-refractivity contribution in [1.82, 2.24) is 19.6 Å². The molecular formula is C10H7N5. The predicted octanol–water partition coefficient (Wildman–Crippen LogP) is 1.19. The highest BCUT2D eigenvalue weighted by Crippen LogP contribution is 2.12. The number of allylic oxidation sites excluding steroid dienone is 1. The van der Waals surface area contributed by atoms with Crippen LogP contribution >= 0.6 is 0 Å². The quantitative estimate of drug-likeness (QED) is 0.637. The molecule has 2 aromatic heterocycles. The maximum atomic E-state index is 4.35. The van der Waals surface area contributed by atoms with Crippen LogP contribution in [0.25, 0.3) is 17.9 Å². The average molecular weight is 197 g/mol. The molecule has 0 aliphatic carbocycles. The fourth-order valence-electron chi connectivity index (χ4n) is 1.41. The first-order valence-corrected chi connectivity index (χ1v) is 4.50. The van der Waals surface area contributed by atoms with E-state index >= 15 is 0 Å². The average Bonchev–Trinajstić information content (AvgIpc) is 2.64. The summed E-state index contributed by atoms with van der Waals surface area (Å²) in [5.41, 5.74) is 1.85. The summed E-state index contributed by atoms with van der Waals surface area (Å²) < 4.78 is 1.65. The van der Waals surface area contributed by atoms with Crippen LogP contribution in [0, 0.1) is 0 Å². The van der Waals surface area contributed by atoms with E-state index in [1.165, 1.54) is 6.33 Å². The number of hydrogen-bond acceptors (Lipinski definition) is 4. The molecule has 5 heteroatoms. The normalized spacial score (nSPS) is 20.3. The Hall–Kier alpha value is -2.30. The van der Waals surface area contributed by atoms with Crippen molar-refractivity contribution in [2.75, 3.05) is 0 Å². The van der Waals surface area contributed by atoms with Crippen LogP contribution in [-0.2, 0) is 0 Å². The van der Waals surface area contributed by atoms with Gasteiger partial charge < -0.3 is 0 Å². The van der Waals surface area contributed by atoms with Gasteiger partial charge in [-0.2, -0.15) is 10.1 Å². The minimum absolute atomic E-state index is 0.594. The highest BCUT2D eigenvalue weighted by molar-refractivity contribution is 5.81. The zero-order valence-corrected chi connectivity index (χ0v) is 7.78. The predicted molar refractivity (Wildman–Crippen MR) is 57.3 cm³/mol. The molecule has 0 saturated heterocycles. The summed E-state index contributed by atoms with van der Waals surface area (Å²) in [4.78, 5) is 12.4. The Balaban J connectivity index is 2.31. The van der Waals surface area contributed by atoms with Gasteiger partial charge in [-0.1, -0.05) is 0 Å². The monoisotopic (exact) mass is 197 g/mol. The summed E-state index contributed by atoms with van der Waals surface area (Å²) in [6.45, 7) is 0. The second-order valence-electron chi connectivity index (χ2n) is 3.06. The van der Waals surface area contributed by atoms with Crippen molar-refractivity contribution < 1.29 is 0 Å². The molecule has 0 spiro atoms. The van der Waals surface area contributed by atoms with Crippen molar-refractivity contribution in [3.63, 3.8) is 0 Å². The third-order valence-corrected chi connectivity index (χ3v) is 2.10. The van der Waals surface area contributed by atoms with Gasteiger partial charge in [0.1, 0.15) is 6.33 Å². The lowest BCUT2D eigenvalue weighted by Gasteiger charge is -2.01. The Labute approximate surface area is 85.5 Å². The second-order valence-corrected chi connectivity index (χ2v) is 3.06. The molecule has 2 aromatic rings. The number of rotatable bonds is 0. The number of aromatic nitrogens is 4. The molecular weight excluding hydrogens is 190 g/mol. The summed E-state index contributed by atoms with van der Waals surface area (Å²) in [7, 11) is 0. The summed E-state index contributed by atoms with van der Waals surface area (Å²) in [6.07, 6.45) is 12.5. The van der Waals surface area contributed by atoms with E-state index in [1.54, 1.807) is 16.9 Å². The minimum atomic E-state index is 0.594. The molecule has 3 rings (SSSR count).